The molecule has 1 N–H and O–H groups in total. The predicted octanol–water partition coefficient (Wildman–Crippen LogP) is 4.65. The van der Waals surface area contributed by atoms with Crippen LogP contribution in [0.15, 0.2) is 12.1 Å². The summed E-state index contributed by atoms with van der Waals surface area (Å²) >= 11 is 0. The molecule has 18 heavy (non-hydrogen) atoms. The maximum Gasteiger partial charge on any atom is 0.146 e. The quantitative estimate of drug-likeness (QED) is 0.756. The molecule has 0 amide bonds. The molecule has 0 aromatic heterocycles. The van der Waals surface area contributed by atoms with Crippen LogP contribution in [0.4, 0.5) is 14.5 Å². The first kappa shape index (κ1) is 13.3. The molecule has 0 spiro atoms. The van der Waals surface area contributed by atoms with Gasteiger partial charge in [-0.05, 0) is 43.7 Å². The van der Waals surface area contributed by atoms with E-state index < -0.39 is 0 Å². The zero-order chi connectivity index (χ0) is 13.1. The van der Waals surface area contributed by atoms with Crippen LogP contribution in [-0.2, 0) is 0 Å². The van der Waals surface area contributed by atoms with Gasteiger partial charge in [-0.25, -0.2) is 8.78 Å². The third-order valence-electron chi connectivity index (χ3n) is 3.87. The molecule has 1 saturated carbocycles. The molecule has 0 radical (unpaired) electrons. The maximum absolute atomic E-state index is 13.7. The Kier molecular flexibility index (Phi) is 4.20. The lowest BCUT2D eigenvalue weighted by Gasteiger charge is -2.18. The van der Waals surface area contributed by atoms with Crippen molar-refractivity contribution in [3.05, 3.63) is 29.3 Å². The van der Waals surface area contributed by atoms with Crippen LogP contribution >= 0.6 is 0 Å². The molecular formula is C15H21F2N. The van der Waals surface area contributed by atoms with Gasteiger partial charge in [0.05, 0.1) is 5.69 Å². The fourth-order valence-corrected chi connectivity index (χ4v) is 2.61. The third-order valence-corrected chi connectivity index (χ3v) is 3.87. The smallest absolute Gasteiger partial charge is 0.146 e. The van der Waals surface area contributed by atoms with Crippen molar-refractivity contribution in [1.82, 2.24) is 0 Å². The highest BCUT2D eigenvalue weighted by Crippen LogP contribution is 2.26. The Morgan fingerprint density at radius 2 is 1.83 bits per heavy atom. The van der Waals surface area contributed by atoms with Gasteiger partial charge < -0.3 is 5.32 Å². The van der Waals surface area contributed by atoms with Crippen LogP contribution in [0.2, 0.25) is 0 Å². The Morgan fingerprint density at radius 3 is 2.61 bits per heavy atom. The Morgan fingerprint density at radius 1 is 1.06 bits per heavy atom. The fraction of sp³-hybridized carbons (Fsp3) is 0.600. The lowest BCUT2D eigenvalue weighted by atomic mass is 10.0. The van der Waals surface area contributed by atoms with Gasteiger partial charge in [-0.3, -0.25) is 0 Å². The molecule has 1 aromatic carbocycles. The molecule has 0 heterocycles. The van der Waals surface area contributed by atoms with E-state index in [1.165, 1.54) is 18.6 Å². The first-order valence-corrected chi connectivity index (χ1v) is 6.78. The van der Waals surface area contributed by atoms with Gasteiger partial charge >= 0.3 is 0 Å². The molecule has 2 unspecified atom stereocenters. The van der Waals surface area contributed by atoms with Crippen LogP contribution in [0.25, 0.3) is 0 Å². The van der Waals surface area contributed by atoms with Crippen LogP contribution in [0.1, 0.15) is 44.6 Å². The number of anilines is 1. The van der Waals surface area contributed by atoms with Crippen molar-refractivity contribution in [2.75, 3.05) is 5.32 Å². The normalized spacial score (nSPS) is 24.7. The summed E-state index contributed by atoms with van der Waals surface area (Å²) in [6.45, 7) is 3.84. The van der Waals surface area contributed by atoms with Crippen molar-refractivity contribution in [2.24, 2.45) is 5.92 Å². The standard InChI is InChI=1S/C15H21F2N/c1-10-4-3-5-12(7-6-10)18-15-9-13(16)11(2)8-14(15)17/h8-10,12,18H,3-7H2,1-2H3. The molecule has 100 valence electrons. The zero-order valence-corrected chi connectivity index (χ0v) is 11.1. The number of nitrogens with one attached hydrogen (secondary N) is 1. The van der Waals surface area contributed by atoms with E-state index in [2.05, 4.69) is 12.2 Å². The van der Waals surface area contributed by atoms with E-state index in [1.54, 1.807) is 6.92 Å². The van der Waals surface area contributed by atoms with E-state index >= 15 is 0 Å². The highest BCUT2D eigenvalue weighted by Gasteiger charge is 2.17. The number of aryl methyl sites for hydroxylation is 1. The summed E-state index contributed by atoms with van der Waals surface area (Å²) in [6.07, 6.45) is 5.64. The topological polar surface area (TPSA) is 12.0 Å². The number of benzene rings is 1. The maximum atomic E-state index is 13.7. The molecule has 1 aliphatic rings. The first-order valence-electron chi connectivity index (χ1n) is 6.78. The first-order chi connectivity index (χ1) is 8.56. The molecule has 0 bridgehead atoms. The highest BCUT2D eigenvalue weighted by molar-refractivity contribution is 5.47. The number of rotatable bonds is 2. The minimum atomic E-state index is -0.355. The van der Waals surface area contributed by atoms with Crippen LogP contribution < -0.4 is 5.32 Å². The SMILES string of the molecule is Cc1cc(F)c(NC2CCCC(C)CC2)cc1F. The second kappa shape index (κ2) is 5.68. The van der Waals surface area contributed by atoms with Gasteiger partial charge in [-0.15, -0.1) is 0 Å². The van der Waals surface area contributed by atoms with Gasteiger partial charge in [0, 0.05) is 12.1 Å². The molecule has 1 aromatic rings. The lowest BCUT2D eigenvalue weighted by Crippen LogP contribution is -2.19. The molecule has 2 atom stereocenters. The molecular weight excluding hydrogens is 232 g/mol. The number of hydrogen-bond donors (Lipinski definition) is 1. The van der Waals surface area contributed by atoms with Gasteiger partial charge in [0.1, 0.15) is 11.6 Å². The van der Waals surface area contributed by atoms with Crippen LogP contribution in [0.5, 0.6) is 0 Å². The van der Waals surface area contributed by atoms with Gasteiger partial charge in [-0.1, -0.05) is 19.8 Å². The summed E-state index contributed by atoms with van der Waals surface area (Å²) in [5, 5.41) is 3.16. The second-order valence-corrected chi connectivity index (χ2v) is 5.54. The minimum absolute atomic E-state index is 0.270. The van der Waals surface area contributed by atoms with Crippen molar-refractivity contribution in [2.45, 2.75) is 52.0 Å². The predicted molar refractivity (Wildman–Crippen MR) is 70.8 cm³/mol. The van der Waals surface area contributed by atoms with Gasteiger partial charge in [0.15, 0.2) is 0 Å². The van der Waals surface area contributed by atoms with Crippen molar-refractivity contribution >= 4 is 5.69 Å². The summed E-state index contributed by atoms with van der Waals surface area (Å²) in [5.74, 6) is 0.0449. The molecule has 2 rings (SSSR count). The van der Waals surface area contributed by atoms with E-state index in [4.69, 9.17) is 0 Å². The Bertz CT molecular complexity index is 417. The molecule has 1 nitrogen and oxygen atoms in total. The molecule has 1 aliphatic carbocycles. The van der Waals surface area contributed by atoms with Crippen LogP contribution in [0.3, 0.4) is 0 Å². The number of hydrogen-bond acceptors (Lipinski definition) is 1. The fourth-order valence-electron chi connectivity index (χ4n) is 2.61. The Hall–Kier alpha value is -1.12. The average Bonchev–Trinajstić information content (AvgIpc) is 2.51. The average molecular weight is 253 g/mol. The van der Waals surface area contributed by atoms with Gasteiger partial charge in [0.2, 0.25) is 0 Å². The summed E-state index contributed by atoms with van der Waals surface area (Å²) in [6, 6.07) is 2.81. The van der Waals surface area contributed by atoms with Crippen LogP contribution in [-0.4, -0.2) is 6.04 Å². The molecule has 0 aliphatic heterocycles. The lowest BCUT2D eigenvalue weighted by molar-refractivity contribution is 0.501. The third kappa shape index (κ3) is 3.21. The second-order valence-electron chi connectivity index (χ2n) is 5.54. The monoisotopic (exact) mass is 253 g/mol. The van der Waals surface area contributed by atoms with Crippen molar-refractivity contribution in [3.8, 4) is 0 Å². The van der Waals surface area contributed by atoms with Gasteiger partial charge in [-0.2, -0.15) is 0 Å². The minimum Gasteiger partial charge on any atom is -0.380 e. The van der Waals surface area contributed by atoms with Gasteiger partial charge in [0.25, 0.3) is 0 Å². The van der Waals surface area contributed by atoms with E-state index in [0.717, 1.165) is 31.6 Å². The van der Waals surface area contributed by atoms with Crippen LogP contribution in [0, 0.1) is 24.5 Å². The number of halogens is 2. The molecule has 0 saturated heterocycles. The molecule has 1 fully saturated rings. The summed E-state index contributed by atoms with van der Waals surface area (Å²) in [5.41, 5.74) is 0.658. The Balaban J connectivity index is 2.06. The zero-order valence-electron chi connectivity index (χ0n) is 11.1. The summed E-state index contributed by atoms with van der Waals surface area (Å²) < 4.78 is 27.2. The van der Waals surface area contributed by atoms with Crippen molar-refractivity contribution in [3.63, 3.8) is 0 Å². The van der Waals surface area contributed by atoms with Crippen molar-refractivity contribution in [1.29, 1.82) is 0 Å². The Labute approximate surface area is 108 Å². The largest absolute Gasteiger partial charge is 0.380 e. The summed E-state index contributed by atoms with van der Waals surface area (Å²) in [7, 11) is 0. The van der Waals surface area contributed by atoms with E-state index in [9.17, 15) is 8.78 Å². The van der Waals surface area contributed by atoms with E-state index in [-0.39, 0.29) is 17.7 Å². The summed E-state index contributed by atoms with van der Waals surface area (Å²) in [4.78, 5) is 0. The van der Waals surface area contributed by atoms with E-state index in [1.807, 2.05) is 0 Å². The highest BCUT2D eigenvalue weighted by atomic mass is 19.1. The van der Waals surface area contributed by atoms with Crippen molar-refractivity contribution < 1.29 is 8.78 Å². The van der Waals surface area contributed by atoms with E-state index in [0.29, 0.717) is 11.3 Å². The molecule has 3 heteroatoms.